The highest BCUT2D eigenvalue weighted by Gasteiger charge is 2.38. The summed E-state index contributed by atoms with van der Waals surface area (Å²) in [6.45, 7) is 8.30. The van der Waals surface area contributed by atoms with Crippen molar-refractivity contribution in [3.05, 3.63) is 54.1 Å². The van der Waals surface area contributed by atoms with Crippen molar-refractivity contribution in [2.45, 2.75) is 52.1 Å². The van der Waals surface area contributed by atoms with Gasteiger partial charge in [0.15, 0.2) is 0 Å². The van der Waals surface area contributed by atoms with Crippen molar-refractivity contribution in [2.75, 3.05) is 30.7 Å². The number of amides is 1. The van der Waals surface area contributed by atoms with Gasteiger partial charge in [-0.2, -0.15) is 0 Å². The fraction of sp³-hybridized carbons (Fsp3) is 0.500. The molecule has 3 N–H and O–H groups in total. The molecular weight excluding hydrogens is 457 g/mol. The van der Waals surface area contributed by atoms with Crippen LogP contribution < -0.4 is 15.8 Å². The summed E-state index contributed by atoms with van der Waals surface area (Å²) in [7, 11) is 0. The normalized spacial score (nSPS) is 18.9. The zero-order valence-electron chi connectivity index (χ0n) is 19.6. The number of nitrogens with one attached hydrogen (secondary N) is 1. The number of rotatable bonds is 7. The third-order valence-corrected chi connectivity index (χ3v) is 6.71. The highest BCUT2D eigenvalue weighted by molar-refractivity contribution is 6.05. The Morgan fingerprint density at radius 3 is 2.39 bits per heavy atom. The molecule has 0 aromatic heterocycles. The van der Waals surface area contributed by atoms with Gasteiger partial charge in [0.05, 0.1) is 17.5 Å². The number of carbonyl (C=O) groups excluding carboxylic acids is 1. The lowest BCUT2D eigenvalue weighted by atomic mass is 9.86. The third-order valence-electron chi connectivity index (χ3n) is 6.71. The molecule has 1 saturated carbocycles. The predicted octanol–water partition coefficient (Wildman–Crippen LogP) is 6.03. The van der Waals surface area contributed by atoms with Crippen LogP contribution in [-0.4, -0.2) is 36.5 Å². The van der Waals surface area contributed by atoms with Crippen molar-refractivity contribution in [1.82, 2.24) is 4.90 Å². The van der Waals surface area contributed by atoms with Gasteiger partial charge < -0.3 is 20.7 Å². The SMILES string of the molecule is CC(C)(CN1CCCC(Oc2ccc(C(=O)Nc3ccccc3N)cc2)CC1)C1CC1.Cl.Cl. The minimum atomic E-state index is -0.173. The average molecular weight is 495 g/mol. The van der Waals surface area contributed by atoms with Crippen LogP contribution in [0.5, 0.6) is 5.75 Å². The number of benzene rings is 2. The van der Waals surface area contributed by atoms with Crippen LogP contribution in [-0.2, 0) is 0 Å². The lowest BCUT2D eigenvalue weighted by Crippen LogP contribution is -2.36. The smallest absolute Gasteiger partial charge is 0.255 e. The van der Waals surface area contributed by atoms with Gasteiger partial charge in [0.2, 0.25) is 0 Å². The second-order valence-electron chi connectivity index (χ2n) is 9.78. The fourth-order valence-corrected chi connectivity index (χ4v) is 4.65. The monoisotopic (exact) mass is 493 g/mol. The second kappa shape index (κ2) is 12.0. The Labute approximate surface area is 210 Å². The molecule has 2 aromatic carbocycles. The maximum absolute atomic E-state index is 12.5. The number of carbonyl (C=O) groups is 1. The highest BCUT2D eigenvalue weighted by Crippen LogP contribution is 2.45. The minimum absolute atomic E-state index is 0. The highest BCUT2D eigenvalue weighted by atomic mass is 35.5. The molecular formula is C26H37Cl2N3O2. The van der Waals surface area contributed by atoms with Gasteiger partial charge in [-0.25, -0.2) is 0 Å². The first-order valence-corrected chi connectivity index (χ1v) is 11.6. The summed E-state index contributed by atoms with van der Waals surface area (Å²) in [4.78, 5) is 15.1. The summed E-state index contributed by atoms with van der Waals surface area (Å²) in [5.74, 6) is 1.57. The largest absolute Gasteiger partial charge is 0.490 e. The van der Waals surface area contributed by atoms with Crippen LogP contribution in [0.2, 0.25) is 0 Å². The topological polar surface area (TPSA) is 67.6 Å². The van der Waals surface area contributed by atoms with Crippen LogP contribution in [0.3, 0.4) is 0 Å². The molecule has 1 saturated heterocycles. The maximum atomic E-state index is 12.5. The van der Waals surface area contributed by atoms with Crippen LogP contribution >= 0.6 is 24.8 Å². The van der Waals surface area contributed by atoms with Gasteiger partial charge in [0.1, 0.15) is 5.75 Å². The fourth-order valence-electron chi connectivity index (χ4n) is 4.65. The summed E-state index contributed by atoms with van der Waals surface area (Å²) in [6, 6.07) is 14.7. The van der Waals surface area contributed by atoms with E-state index in [4.69, 9.17) is 10.5 Å². The minimum Gasteiger partial charge on any atom is -0.490 e. The Hall–Kier alpha value is -1.95. The predicted molar refractivity (Wildman–Crippen MR) is 141 cm³/mol. The van der Waals surface area contributed by atoms with Crippen molar-refractivity contribution in [3.63, 3.8) is 0 Å². The van der Waals surface area contributed by atoms with E-state index in [1.807, 2.05) is 36.4 Å². The lowest BCUT2D eigenvalue weighted by Gasteiger charge is -2.32. The van der Waals surface area contributed by atoms with E-state index in [9.17, 15) is 4.79 Å². The van der Waals surface area contributed by atoms with Crippen molar-refractivity contribution in [3.8, 4) is 5.75 Å². The van der Waals surface area contributed by atoms with Crippen molar-refractivity contribution in [2.24, 2.45) is 11.3 Å². The molecule has 0 radical (unpaired) electrons. The van der Waals surface area contributed by atoms with E-state index >= 15 is 0 Å². The Bertz CT molecular complexity index is 901. The molecule has 1 unspecified atom stereocenters. The molecule has 1 aliphatic heterocycles. The van der Waals surface area contributed by atoms with Gasteiger partial charge >= 0.3 is 0 Å². The zero-order valence-corrected chi connectivity index (χ0v) is 21.2. The van der Waals surface area contributed by atoms with E-state index < -0.39 is 0 Å². The Morgan fingerprint density at radius 1 is 1.03 bits per heavy atom. The van der Waals surface area contributed by atoms with Gasteiger partial charge in [-0.05, 0) is 86.4 Å². The third kappa shape index (κ3) is 7.53. The summed E-state index contributed by atoms with van der Waals surface area (Å²) < 4.78 is 6.27. The van der Waals surface area contributed by atoms with Gasteiger partial charge in [-0.3, -0.25) is 4.79 Å². The lowest BCUT2D eigenvalue weighted by molar-refractivity contribution is 0.102. The molecule has 1 heterocycles. The van der Waals surface area contributed by atoms with Gasteiger partial charge in [0, 0.05) is 18.7 Å². The van der Waals surface area contributed by atoms with Crippen LogP contribution in [0.15, 0.2) is 48.5 Å². The molecule has 0 bridgehead atoms. The number of nitrogen functional groups attached to an aromatic ring is 1. The van der Waals surface area contributed by atoms with E-state index in [2.05, 4.69) is 24.1 Å². The summed E-state index contributed by atoms with van der Waals surface area (Å²) in [6.07, 6.45) is 6.34. The molecule has 1 atom stereocenters. The first-order chi connectivity index (χ1) is 14.9. The molecule has 2 aromatic rings. The van der Waals surface area contributed by atoms with E-state index in [0.717, 1.165) is 37.6 Å². The van der Waals surface area contributed by atoms with Crippen molar-refractivity contribution in [1.29, 1.82) is 0 Å². The number of para-hydroxylation sites is 2. The quantitative estimate of drug-likeness (QED) is 0.461. The molecule has 2 aliphatic rings. The van der Waals surface area contributed by atoms with Crippen molar-refractivity contribution >= 4 is 42.1 Å². The molecule has 7 heteroatoms. The molecule has 33 heavy (non-hydrogen) atoms. The van der Waals surface area contributed by atoms with E-state index in [1.54, 1.807) is 12.1 Å². The van der Waals surface area contributed by atoms with Gasteiger partial charge in [0.25, 0.3) is 5.91 Å². The maximum Gasteiger partial charge on any atom is 0.255 e. The Balaban J connectivity index is 0.00000193. The van der Waals surface area contributed by atoms with Crippen LogP contribution in [0.1, 0.15) is 56.3 Å². The van der Waals surface area contributed by atoms with Gasteiger partial charge in [-0.15, -0.1) is 24.8 Å². The first-order valence-electron chi connectivity index (χ1n) is 11.6. The average Bonchev–Trinajstić information content (AvgIpc) is 3.60. The molecule has 0 spiro atoms. The first kappa shape index (κ1) is 27.3. The molecule has 4 rings (SSSR count). The summed E-state index contributed by atoms with van der Waals surface area (Å²) in [5, 5.41) is 2.86. The Kier molecular flexibility index (Phi) is 9.89. The van der Waals surface area contributed by atoms with Crippen molar-refractivity contribution < 1.29 is 9.53 Å². The molecule has 182 valence electrons. The molecule has 1 aliphatic carbocycles. The summed E-state index contributed by atoms with van der Waals surface area (Å²) in [5.41, 5.74) is 8.11. The Morgan fingerprint density at radius 2 is 1.73 bits per heavy atom. The number of halogens is 2. The molecule has 2 fully saturated rings. The number of nitrogens with zero attached hydrogens (tertiary/aromatic N) is 1. The van der Waals surface area contributed by atoms with E-state index in [-0.39, 0.29) is 36.8 Å². The number of hydrogen-bond donors (Lipinski definition) is 2. The van der Waals surface area contributed by atoms with E-state index in [1.165, 1.54) is 25.8 Å². The standard InChI is InChI=1S/C26H35N3O2.2ClH/c1-26(2,20-11-12-20)18-29-16-5-6-21(15-17-29)31-22-13-9-19(10-14-22)25(30)28-24-8-4-3-7-23(24)27;;/h3-4,7-10,13-14,20-21H,5-6,11-12,15-18,27H2,1-2H3,(H,28,30);2*1H. The number of ether oxygens (including phenoxy) is 1. The van der Waals surface area contributed by atoms with Crippen LogP contribution in [0.25, 0.3) is 0 Å². The molecule has 5 nitrogen and oxygen atoms in total. The van der Waals surface area contributed by atoms with Crippen LogP contribution in [0, 0.1) is 11.3 Å². The zero-order chi connectivity index (χ0) is 21.8. The molecule has 1 amide bonds. The number of anilines is 2. The number of nitrogens with two attached hydrogens (primary N) is 1. The van der Waals surface area contributed by atoms with Crippen LogP contribution in [0.4, 0.5) is 11.4 Å². The summed E-state index contributed by atoms with van der Waals surface area (Å²) >= 11 is 0. The number of likely N-dealkylation sites (tertiary alicyclic amines) is 1. The van der Waals surface area contributed by atoms with E-state index in [0.29, 0.717) is 22.4 Å². The van der Waals surface area contributed by atoms with Gasteiger partial charge in [-0.1, -0.05) is 26.0 Å². The second-order valence-corrected chi connectivity index (χ2v) is 9.78. The number of hydrogen-bond acceptors (Lipinski definition) is 4.